The predicted octanol–water partition coefficient (Wildman–Crippen LogP) is 1.28. The third-order valence-electron chi connectivity index (χ3n) is 3.44. The van der Waals surface area contributed by atoms with E-state index in [1.54, 1.807) is 6.92 Å². The average molecular weight is 295 g/mol. The van der Waals surface area contributed by atoms with Gasteiger partial charge in [0.25, 0.3) is 0 Å². The molecule has 1 aliphatic rings. The van der Waals surface area contributed by atoms with E-state index in [-0.39, 0.29) is 18.0 Å². The maximum atomic E-state index is 11.7. The molecule has 0 aromatic carbocycles. The number of carbonyl (C=O) groups excluding carboxylic acids is 1. The number of aromatic nitrogens is 2. The number of hydrogen-bond donors (Lipinski definition) is 1. The summed E-state index contributed by atoms with van der Waals surface area (Å²) in [6.07, 6.45) is 2.74. The molecular weight excluding hydrogens is 274 g/mol. The van der Waals surface area contributed by atoms with Gasteiger partial charge in [-0.05, 0) is 13.8 Å². The van der Waals surface area contributed by atoms with Crippen LogP contribution in [0.5, 0.6) is 0 Å². The second-order valence-corrected chi connectivity index (χ2v) is 4.75. The summed E-state index contributed by atoms with van der Waals surface area (Å²) >= 11 is 0. The summed E-state index contributed by atoms with van der Waals surface area (Å²) in [6, 6.07) is 0. The Morgan fingerprint density at radius 3 is 2.67 bits per heavy atom. The van der Waals surface area contributed by atoms with Gasteiger partial charge in [0.1, 0.15) is 17.0 Å². The molecule has 2 N–H and O–H groups in total. The van der Waals surface area contributed by atoms with Crippen LogP contribution in [0.25, 0.3) is 0 Å². The monoisotopic (exact) mass is 295 g/mol. The minimum Gasteiger partial charge on any atom is -0.462 e. The molecule has 2 rings (SSSR count). The van der Waals surface area contributed by atoms with Crippen LogP contribution in [-0.2, 0) is 19.8 Å². The number of rotatable bonds is 5. The van der Waals surface area contributed by atoms with Crippen molar-refractivity contribution in [2.24, 2.45) is 0 Å². The number of ether oxygens (including phenoxy) is 3. The zero-order valence-electron chi connectivity index (χ0n) is 12.4. The van der Waals surface area contributed by atoms with E-state index in [0.29, 0.717) is 38.5 Å². The van der Waals surface area contributed by atoms with Crippen molar-refractivity contribution in [2.75, 3.05) is 32.2 Å². The molecule has 0 amide bonds. The smallest absolute Gasteiger partial charge is 0.343 e. The second kappa shape index (κ2) is 6.82. The van der Waals surface area contributed by atoms with Crippen LogP contribution >= 0.6 is 0 Å². The van der Waals surface area contributed by atoms with Crippen molar-refractivity contribution in [1.82, 2.24) is 9.97 Å². The highest BCUT2D eigenvalue weighted by molar-refractivity contribution is 5.93. The van der Waals surface area contributed by atoms with Crippen molar-refractivity contribution in [3.63, 3.8) is 0 Å². The lowest BCUT2D eigenvalue weighted by Gasteiger charge is -2.35. The third-order valence-corrected chi connectivity index (χ3v) is 3.44. The Balaban J connectivity index is 2.30. The molecule has 1 aromatic heterocycles. The van der Waals surface area contributed by atoms with Crippen LogP contribution < -0.4 is 5.73 Å². The molecule has 1 aromatic rings. The molecule has 1 saturated heterocycles. The van der Waals surface area contributed by atoms with Crippen LogP contribution in [0, 0.1) is 0 Å². The lowest BCUT2D eigenvalue weighted by molar-refractivity contribution is -0.117. The summed E-state index contributed by atoms with van der Waals surface area (Å²) in [5, 5.41) is 0. The highest BCUT2D eigenvalue weighted by atomic mass is 16.5. The molecule has 0 radical (unpaired) electrons. The number of nitrogens with zero attached hydrogens (tertiary/aromatic N) is 2. The quantitative estimate of drug-likeness (QED) is 0.817. The van der Waals surface area contributed by atoms with Crippen molar-refractivity contribution in [3.8, 4) is 0 Å². The molecule has 21 heavy (non-hydrogen) atoms. The summed E-state index contributed by atoms with van der Waals surface area (Å²) < 4.78 is 16.2. The molecule has 1 aliphatic heterocycles. The number of carbonyl (C=O) groups is 1. The minimum atomic E-state index is -0.589. The van der Waals surface area contributed by atoms with Crippen LogP contribution in [0.3, 0.4) is 0 Å². The Hall–Kier alpha value is -1.73. The average Bonchev–Trinajstić information content (AvgIpc) is 2.48. The van der Waals surface area contributed by atoms with E-state index in [9.17, 15) is 4.79 Å². The van der Waals surface area contributed by atoms with Crippen molar-refractivity contribution in [3.05, 3.63) is 17.6 Å². The summed E-state index contributed by atoms with van der Waals surface area (Å²) in [4.78, 5) is 20.3. The van der Waals surface area contributed by atoms with E-state index in [1.165, 1.54) is 6.20 Å². The zero-order chi connectivity index (χ0) is 15.3. The molecule has 1 fully saturated rings. The molecule has 2 heterocycles. The van der Waals surface area contributed by atoms with Crippen LogP contribution in [0.15, 0.2) is 6.20 Å². The molecule has 0 unspecified atom stereocenters. The van der Waals surface area contributed by atoms with Crippen molar-refractivity contribution in [1.29, 1.82) is 0 Å². The van der Waals surface area contributed by atoms with Crippen molar-refractivity contribution < 1.29 is 19.0 Å². The van der Waals surface area contributed by atoms with Gasteiger partial charge >= 0.3 is 5.97 Å². The fourth-order valence-corrected chi connectivity index (χ4v) is 2.39. The SMILES string of the molecule is CCOC(=O)c1cnc(C2(OCC)CCOCC2)nc1N. The summed E-state index contributed by atoms with van der Waals surface area (Å²) in [5.74, 6) is 0.0983. The van der Waals surface area contributed by atoms with Gasteiger partial charge in [0, 0.05) is 38.9 Å². The molecule has 7 heteroatoms. The highest BCUT2D eigenvalue weighted by Crippen LogP contribution is 2.34. The Morgan fingerprint density at radius 1 is 1.38 bits per heavy atom. The van der Waals surface area contributed by atoms with Gasteiger partial charge in [-0.15, -0.1) is 0 Å². The first-order chi connectivity index (χ1) is 10.1. The number of nitrogens with two attached hydrogens (primary N) is 1. The normalized spacial score (nSPS) is 17.4. The van der Waals surface area contributed by atoms with E-state index in [2.05, 4.69) is 9.97 Å². The van der Waals surface area contributed by atoms with E-state index < -0.39 is 11.6 Å². The molecule has 0 saturated carbocycles. The second-order valence-electron chi connectivity index (χ2n) is 4.75. The van der Waals surface area contributed by atoms with Gasteiger partial charge in [-0.25, -0.2) is 14.8 Å². The first kappa shape index (κ1) is 15.7. The maximum absolute atomic E-state index is 11.7. The number of esters is 1. The highest BCUT2D eigenvalue weighted by Gasteiger charge is 2.38. The van der Waals surface area contributed by atoms with Gasteiger partial charge < -0.3 is 19.9 Å². The Labute approximate surface area is 123 Å². The third kappa shape index (κ3) is 3.30. The topological polar surface area (TPSA) is 96.6 Å². The van der Waals surface area contributed by atoms with E-state index in [0.717, 1.165) is 0 Å². The lowest BCUT2D eigenvalue weighted by Crippen LogP contribution is -2.38. The van der Waals surface area contributed by atoms with Gasteiger partial charge in [-0.2, -0.15) is 0 Å². The Bertz CT molecular complexity index is 495. The van der Waals surface area contributed by atoms with Crippen molar-refractivity contribution in [2.45, 2.75) is 32.3 Å². The first-order valence-electron chi connectivity index (χ1n) is 7.14. The molecular formula is C14H21N3O4. The van der Waals surface area contributed by atoms with Gasteiger partial charge in [0.2, 0.25) is 0 Å². The van der Waals surface area contributed by atoms with Crippen LogP contribution in [0.4, 0.5) is 5.82 Å². The predicted molar refractivity (Wildman–Crippen MR) is 75.8 cm³/mol. The van der Waals surface area contributed by atoms with E-state index in [1.807, 2.05) is 6.92 Å². The molecule has 0 bridgehead atoms. The maximum Gasteiger partial charge on any atom is 0.343 e. The lowest BCUT2D eigenvalue weighted by atomic mass is 9.92. The van der Waals surface area contributed by atoms with Crippen LogP contribution in [-0.4, -0.2) is 42.4 Å². The van der Waals surface area contributed by atoms with E-state index >= 15 is 0 Å². The fraction of sp³-hybridized carbons (Fsp3) is 0.643. The summed E-state index contributed by atoms with van der Waals surface area (Å²) in [7, 11) is 0. The Morgan fingerprint density at radius 2 is 2.10 bits per heavy atom. The molecule has 0 atom stereocenters. The van der Waals surface area contributed by atoms with Gasteiger partial charge in [0.05, 0.1) is 6.61 Å². The van der Waals surface area contributed by atoms with Gasteiger partial charge in [0.15, 0.2) is 5.82 Å². The van der Waals surface area contributed by atoms with Gasteiger partial charge in [-0.3, -0.25) is 0 Å². The van der Waals surface area contributed by atoms with Crippen molar-refractivity contribution >= 4 is 11.8 Å². The zero-order valence-corrected chi connectivity index (χ0v) is 12.4. The fourth-order valence-electron chi connectivity index (χ4n) is 2.39. The van der Waals surface area contributed by atoms with Gasteiger partial charge in [-0.1, -0.05) is 0 Å². The van der Waals surface area contributed by atoms with Crippen LogP contribution in [0.2, 0.25) is 0 Å². The Kier molecular flexibility index (Phi) is 5.08. The number of anilines is 1. The standard InChI is InChI=1S/C14H21N3O4/c1-3-20-12(18)10-9-16-13(17-11(10)15)14(21-4-2)5-7-19-8-6-14/h9H,3-8H2,1-2H3,(H2,15,16,17). The number of hydrogen-bond acceptors (Lipinski definition) is 7. The largest absolute Gasteiger partial charge is 0.462 e. The molecule has 7 nitrogen and oxygen atoms in total. The molecule has 0 spiro atoms. The number of nitrogen functional groups attached to an aromatic ring is 1. The molecule has 0 aliphatic carbocycles. The summed E-state index contributed by atoms with van der Waals surface area (Å²) in [6.45, 7) is 5.65. The van der Waals surface area contributed by atoms with E-state index in [4.69, 9.17) is 19.9 Å². The summed E-state index contributed by atoms with van der Waals surface area (Å²) in [5.41, 5.74) is 5.47. The molecule has 116 valence electrons. The minimum absolute atomic E-state index is 0.115. The first-order valence-corrected chi connectivity index (χ1v) is 7.14. The van der Waals surface area contributed by atoms with Crippen LogP contribution in [0.1, 0.15) is 42.9 Å².